The van der Waals surface area contributed by atoms with Gasteiger partial charge in [-0.2, -0.15) is 15.0 Å². The van der Waals surface area contributed by atoms with Gasteiger partial charge in [0.05, 0.1) is 0 Å². The Bertz CT molecular complexity index is 560. The second-order valence-electron chi connectivity index (χ2n) is 3.33. The van der Waals surface area contributed by atoms with E-state index in [1.165, 1.54) is 6.92 Å². The van der Waals surface area contributed by atoms with Crippen LogP contribution in [-0.2, 0) is 4.79 Å². The van der Waals surface area contributed by atoms with Crippen molar-refractivity contribution >= 4 is 11.9 Å². The zero-order valence-corrected chi connectivity index (χ0v) is 9.45. The molecule has 8 heteroatoms. The molecule has 0 aliphatic carbocycles. The number of carbonyl (C=O) groups is 1. The lowest BCUT2D eigenvalue weighted by molar-refractivity contribution is -0.118. The number of rotatable bonds is 3. The molecule has 18 heavy (non-hydrogen) atoms. The molecule has 2 aromatic rings. The Morgan fingerprint density at radius 1 is 1.33 bits per heavy atom. The molecule has 0 atom stereocenters. The molecule has 2 rings (SSSR count). The molecule has 8 nitrogen and oxygen atoms in total. The van der Waals surface area contributed by atoms with Gasteiger partial charge in [-0.25, -0.2) is 0 Å². The summed E-state index contributed by atoms with van der Waals surface area (Å²) in [7, 11) is 0. The highest BCUT2D eigenvalue weighted by Gasteiger charge is 2.07. The summed E-state index contributed by atoms with van der Waals surface area (Å²) >= 11 is 0. The number of nitrogens with zero attached hydrogens (tertiary/aromatic N) is 4. The Balaban J connectivity index is 2.29. The normalized spacial score (nSPS) is 9.83. The van der Waals surface area contributed by atoms with E-state index in [1.54, 1.807) is 24.5 Å². The minimum atomic E-state index is -0.447. The molecule has 0 saturated heterocycles. The van der Waals surface area contributed by atoms with Crippen LogP contribution < -0.4 is 10.9 Å². The maximum absolute atomic E-state index is 10.7. The highest BCUT2D eigenvalue weighted by molar-refractivity contribution is 5.74. The lowest BCUT2D eigenvalue weighted by Gasteiger charge is -2.06. The molecule has 0 aliphatic heterocycles. The first kappa shape index (κ1) is 11.7. The van der Waals surface area contributed by atoms with Crippen molar-refractivity contribution in [1.29, 1.82) is 0 Å². The monoisotopic (exact) mass is 246 g/mol. The van der Waals surface area contributed by atoms with Crippen molar-refractivity contribution in [1.82, 2.24) is 25.4 Å². The van der Waals surface area contributed by atoms with Crippen molar-refractivity contribution in [2.45, 2.75) is 6.92 Å². The van der Waals surface area contributed by atoms with E-state index in [-0.39, 0.29) is 17.7 Å². The van der Waals surface area contributed by atoms with Gasteiger partial charge in [0, 0.05) is 24.9 Å². The van der Waals surface area contributed by atoms with Gasteiger partial charge in [0.15, 0.2) is 5.82 Å². The Kier molecular flexibility index (Phi) is 3.28. The summed E-state index contributed by atoms with van der Waals surface area (Å²) in [4.78, 5) is 26.1. The lowest BCUT2D eigenvalue weighted by atomic mass is 10.3. The number of aromatic hydroxyl groups is 1. The molecule has 0 unspecified atom stereocenters. The van der Waals surface area contributed by atoms with Crippen molar-refractivity contribution in [2.24, 2.45) is 0 Å². The number of aromatic nitrogens is 4. The predicted octanol–water partition coefficient (Wildman–Crippen LogP) is 0.102. The summed E-state index contributed by atoms with van der Waals surface area (Å²) in [5.41, 5.74) is 5.38. The minimum absolute atomic E-state index is 0.0385. The van der Waals surface area contributed by atoms with Crippen LogP contribution in [0.4, 0.5) is 5.95 Å². The van der Waals surface area contributed by atoms with E-state index in [4.69, 9.17) is 0 Å². The van der Waals surface area contributed by atoms with E-state index >= 15 is 0 Å². The molecule has 0 aromatic carbocycles. The molecule has 0 saturated carbocycles. The first-order chi connectivity index (χ1) is 8.65. The van der Waals surface area contributed by atoms with Gasteiger partial charge in [-0.15, -0.1) is 0 Å². The average Bonchev–Trinajstić information content (AvgIpc) is 2.37. The smallest absolute Gasteiger partial charge is 0.319 e. The van der Waals surface area contributed by atoms with Crippen molar-refractivity contribution < 1.29 is 9.90 Å². The van der Waals surface area contributed by atoms with E-state index in [2.05, 4.69) is 30.8 Å². The van der Waals surface area contributed by atoms with Crippen molar-refractivity contribution in [2.75, 3.05) is 5.43 Å². The molecule has 0 radical (unpaired) electrons. The number of carbonyl (C=O) groups excluding carboxylic acids is 1. The van der Waals surface area contributed by atoms with E-state index in [1.807, 2.05) is 0 Å². The molecule has 3 N–H and O–H groups in total. The number of amides is 1. The summed E-state index contributed by atoms with van der Waals surface area (Å²) in [5, 5.41) is 9.39. The van der Waals surface area contributed by atoms with Crippen LogP contribution in [0, 0.1) is 0 Å². The van der Waals surface area contributed by atoms with E-state index in [9.17, 15) is 9.90 Å². The topological polar surface area (TPSA) is 113 Å². The zero-order valence-electron chi connectivity index (χ0n) is 9.45. The Morgan fingerprint density at radius 2 is 2.17 bits per heavy atom. The van der Waals surface area contributed by atoms with E-state index < -0.39 is 6.01 Å². The largest absolute Gasteiger partial charge is 0.479 e. The zero-order chi connectivity index (χ0) is 13.0. The van der Waals surface area contributed by atoms with Gasteiger partial charge in [-0.05, 0) is 12.1 Å². The van der Waals surface area contributed by atoms with E-state index in [0.29, 0.717) is 5.56 Å². The third-order valence-electron chi connectivity index (χ3n) is 1.89. The second kappa shape index (κ2) is 5.04. The number of anilines is 1. The third kappa shape index (κ3) is 2.88. The maximum atomic E-state index is 10.7. The number of hydrogen-bond donors (Lipinski definition) is 3. The van der Waals surface area contributed by atoms with Crippen LogP contribution in [0.5, 0.6) is 6.01 Å². The van der Waals surface area contributed by atoms with Crippen molar-refractivity contribution in [3.8, 4) is 17.4 Å². The van der Waals surface area contributed by atoms with Gasteiger partial charge in [-0.1, -0.05) is 0 Å². The SMILES string of the molecule is CC(=O)NNc1nc(O)nc(-c2cccnc2)n1. The molecule has 0 aliphatic rings. The van der Waals surface area contributed by atoms with Crippen LogP contribution in [0.3, 0.4) is 0 Å². The van der Waals surface area contributed by atoms with Crippen molar-refractivity contribution in [3.05, 3.63) is 24.5 Å². The fourth-order valence-electron chi connectivity index (χ4n) is 1.19. The van der Waals surface area contributed by atoms with Gasteiger partial charge in [0.1, 0.15) is 0 Å². The predicted molar refractivity (Wildman–Crippen MR) is 62.2 cm³/mol. The summed E-state index contributed by atoms with van der Waals surface area (Å²) < 4.78 is 0. The van der Waals surface area contributed by atoms with Gasteiger partial charge >= 0.3 is 6.01 Å². The summed E-state index contributed by atoms with van der Waals surface area (Å²) in [5.74, 6) is -0.0159. The average molecular weight is 246 g/mol. The number of hydrazine groups is 1. The summed E-state index contributed by atoms with van der Waals surface area (Å²) in [6.45, 7) is 1.33. The highest BCUT2D eigenvalue weighted by Crippen LogP contribution is 2.16. The van der Waals surface area contributed by atoms with Crippen LogP contribution in [-0.4, -0.2) is 30.9 Å². The molecule has 0 fully saturated rings. The van der Waals surface area contributed by atoms with Crippen LogP contribution >= 0.6 is 0 Å². The quantitative estimate of drug-likeness (QED) is 0.658. The number of nitrogens with one attached hydrogen (secondary N) is 2. The number of hydrogen-bond acceptors (Lipinski definition) is 7. The van der Waals surface area contributed by atoms with Gasteiger partial charge < -0.3 is 5.11 Å². The molecule has 0 bridgehead atoms. The molecule has 2 aromatic heterocycles. The fourth-order valence-corrected chi connectivity index (χ4v) is 1.19. The maximum Gasteiger partial charge on any atom is 0.319 e. The fraction of sp³-hybridized carbons (Fsp3) is 0.100. The van der Waals surface area contributed by atoms with Crippen molar-refractivity contribution in [3.63, 3.8) is 0 Å². The molecule has 0 spiro atoms. The Hall–Kier alpha value is -2.77. The second-order valence-corrected chi connectivity index (χ2v) is 3.33. The lowest BCUT2D eigenvalue weighted by Crippen LogP contribution is -2.27. The molecule has 2 heterocycles. The molecular formula is C10H10N6O2. The highest BCUT2D eigenvalue weighted by atomic mass is 16.3. The van der Waals surface area contributed by atoms with Gasteiger partial charge in [0.25, 0.3) is 0 Å². The van der Waals surface area contributed by atoms with Gasteiger partial charge in [-0.3, -0.25) is 20.6 Å². The first-order valence-electron chi connectivity index (χ1n) is 5.03. The van der Waals surface area contributed by atoms with E-state index in [0.717, 1.165) is 0 Å². The molecule has 92 valence electrons. The Labute approximate surface area is 102 Å². The van der Waals surface area contributed by atoms with Crippen LogP contribution in [0.15, 0.2) is 24.5 Å². The minimum Gasteiger partial charge on any atom is -0.479 e. The van der Waals surface area contributed by atoms with Crippen LogP contribution in [0.1, 0.15) is 6.92 Å². The first-order valence-corrected chi connectivity index (χ1v) is 5.03. The van der Waals surface area contributed by atoms with Gasteiger partial charge in [0.2, 0.25) is 11.9 Å². The Morgan fingerprint density at radius 3 is 2.83 bits per heavy atom. The molecule has 1 amide bonds. The summed E-state index contributed by atoms with van der Waals surface area (Å²) in [6.07, 6.45) is 3.16. The van der Waals surface area contributed by atoms with Crippen LogP contribution in [0.2, 0.25) is 0 Å². The third-order valence-corrected chi connectivity index (χ3v) is 1.89. The van der Waals surface area contributed by atoms with Crippen LogP contribution in [0.25, 0.3) is 11.4 Å². The summed E-state index contributed by atoms with van der Waals surface area (Å²) in [6, 6.07) is 3.01. The standard InChI is InChI=1S/C10H10N6O2/c1-6(17)15-16-9-12-8(13-10(18)14-9)7-3-2-4-11-5-7/h2-5H,1H3,(H,15,17)(H2,12,13,14,16,18). The molecular weight excluding hydrogens is 236 g/mol. The number of pyridine rings is 1.